The van der Waals surface area contributed by atoms with Crippen molar-refractivity contribution in [2.45, 2.75) is 24.5 Å². The quantitative estimate of drug-likeness (QED) is 0.414. The smallest absolute Gasteiger partial charge is 0.326 e. The number of rotatable bonds is 1. The van der Waals surface area contributed by atoms with E-state index in [9.17, 15) is 9.90 Å². The maximum atomic E-state index is 11.1. The van der Waals surface area contributed by atoms with Crippen molar-refractivity contribution < 1.29 is 14.6 Å². The zero-order valence-corrected chi connectivity index (χ0v) is 6.99. The molecule has 12 heavy (non-hydrogen) atoms. The molecule has 0 aromatic carbocycles. The van der Waals surface area contributed by atoms with Gasteiger partial charge in [-0.25, -0.2) is 0 Å². The van der Waals surface area contributed by atoms with Crippen molar-refractivity contribution in [1.82, 2.24) is 0 Å². The predicted octanol–water partition coefficient (Wildman–Crippen LogP) is -0.432. The number of aliphatic hydroxyl groups excluding tert-OH is 1. The highest BCUT2D eigenvalue weighted by Gasteiger charge is 2.37. The third-order valence-electron chi connectivity index (χ3n) is 2.01. The molecule has 0 fully saturated rings. The number of aliphatic hydroxyl groups is 1. The number of hydrogen-bond donors (Lipinski definition) is 2. The van der Waals surface area contributed by atoms with Crippen LogP contribution in [-0.2, 0) is 9.53 Å². The Kier molecular flexibility index (Phi) is 2.49. The second kappa shape index (κ2) is 3.25. The molecule has 4 nitrogen and oxygen atoms in total. The van der Waals surface area contributed by atoms with Gasteiger partial charge in [-0.3, -0.25) is 4.79 Å². The first kappa shape index (κ1) is 9.22. The molecule has 0 heterocycles. The summed E-state index contributed by atoms with van der Waals surface area (Å²) in [6.45, 7) is 0. The van der Waals surface area contributed by atoms with Crippen LogP contribution in [0.1, 0.15) is 12.8 Å². The number of esters is 1. The van der Waals surface area contributed by atoms with E-state index < -0.39 is 17.6 Å². The minimum absolute atomic E-state index is 0.232. The van der Waals surface area contributed by atoms with Crippen molar-refractivity contribution in [3.05, 3.63) is 12.2 Å². The van der Waals surface area contributed by atoms with Crippen molar-refractivity contribution in [1.29, 1.82) is 0 Å². The number of nitrogens with two attached hydrogens (primary N) is 1. The SMILES string of the molecule is COC(=O)[C@]1(N)CC=C[C@@H](O)C1. The van der Waals surface area contributed by atoms with E-state index >= 15 is 0 Å². The zero-order valence-electron chi connectivity index (χ0n) is 6.99. The lowest BCUT2D eigenvalue weighted by Gasteiger charge is -2.29. The molecule has 0 saturated heterocycles. The molecule has 2 atom stereocenters. The van der Waals surface area contributed by atoms with Gasteiger partial charge in [-0.05, 0) is 6.42 Å². The first-order valence-corrected chi connectivity index (χ1v) is 3.80. The van der Waals surface area contributed by atoms with E-state index in [-0.39, 0.29) is 6.42 Å². The molecule has 0 unspecified atom stereocenters. The Balaban J connectivity index is 2.72. The molecule has 1 rings (SSSR count). The maximum Gasteiger partial charge on any atom is 0.326 e. The molecule has 0 saturated carbocycles. The van der Waals surface area contributed by atoms with E-state index in [0.29, 0.717) is 6.42 Å². The summed E-state index contributed by atoms with van der Waals surface area (Å²) in [5.74, 6) is -0.467. The number of carbonyl (C=O) groups excluding carboxylic acids is 1. The summed E-state index contributed by atoms with van der Waals surface area (Å²) in [6.07, 6.45) is 3.36. The Labute approximate surface area is 71.0 Å². The van der Waals surface area contributed by atoms with Gasteiger partial charge in [0.2, 0.25) is 0 Å². The molecular formula is C8H13NO3. The lowest BCUT2D eigenvalue weighted by molar-refractivity contribution is -0.148. The van der Waals surface area contributed by atoms with Gasteiger partial charge < -0.3 is 15.6 Å². The molecule has 0 aliphatic heterocycles. The lowest BCUT2D eigenvalue weighted by atomic mass is 9.85. The van der Waals surface area contributed by atoms with Gasteiger partial charge in [0.15, 0.2) is 0 Å². The van der Waals surface area contributed by atoms with Gasteiger partial charge in [0.1, 0.15) is 5.54 Å². The molecular weight excluding hydrogens is 158 g/mol. The molecule has 1 aliphatic rings. The summed E-state index contributed by atoms with van der Waals surface area (Å²) >= 11 is 0. The molecule has 0 spiro atoms. The lowest BCUT2D eigenvalue weighted by Crippen LogP contribution is -2.51. The van der Waals surface area contributed by atoms with Crippen LogP contribution in [-0.4, -0.2) is 29.8 Å². The average Bonchev–Trinajstić information content (AvgIpc) is 2.02. The molecule has 0 radical (unpaired) electrons. The largest absolute Gasteiger partial charge is 0.468 e. The van der Waals surface area contributed by atoms with E-state index in [1.807, 2.05) is 0 Å². The van der Waals surface area contributed by atoms with Crippen LogP contribution in [0, 0.1) is 0 Å². The van der Waals surface area contributed by atoms with Crippen molar-refractivity contribution in [2.24, 2.45) is 5.73 Å². The van der Waals surface area contributed by atoms with Crippen molar-refractivity contribution in [2.75, 3.05) is 7.11 Å². The average molecular weight is 171 g/mol. The molecule has 0 amide bonds. The molecule has 4 heteroatoms. The van der Waals surface area contributed by atoms with Crippen LogP contribution in [0.25, 0.3) is 0 Å². The van der Waals surface area contributed by atoms with Crippen molar-refractivity contribution in [3.63, 3.8) is 0 Å². The minimum Gasteiger partial charge on any atom is -0.468 e. The van der Waals surface area contributed by atoms with Gasteiger partial charge in [0.05, 0.1) is 13.2 Å². The van der Waals surface area contributed by atoms with Gasteiger partial charge >= 0.3 is 5.97 Å². The number of carbonyl (C=O) groups is 1. The zero-order chi connectivity index (χ0) is 9.19. The first-order chi connectivity index (χ1) is 5.58. The van der Waals surface area contributed by atoms with Crippen LogP contribution in [0.5, 0.6) is 0 Å². The van der Waals surface area contributed by atoms with Crippen LogP contribution < -0.4 is 5.73 Å². The number of methoxy groups -OCH3 is 1. The highest BCUT2D eigenvalue weighted by Crippen LogP contribution is 2.22. The fourth-order valence-corrected chi connectivity index (χ4v) is 1.33. The van der Waals surface area contributed by atoms with E-state index in [1.54, 1.807) is 12.2 Å². The number of hydrogen-bond acceptors (Lipinski definition) is 4. The van der Waals surface area contributed by atoms with Crippen molar-refractivity contribution in [3.8, 4) is 0 Å². The molecule has 68 valence electrons. The Morgan fingerprint density at radius 3 is 3.00 bits per heavy atom. The van der Waals surface area contributed by atoms with Crippen LogP contribution >= 0.6 is 0 Å². The monoisotopic (exact) mass is 171 g/mol. The standard InChI is InChI=1S/C8H13NO3/c1-12-7(11)8(9)4-2-3-6(10)5-8/h2-3,6,10H,4-5,9H2,1H3/t6-,8+/m1/s1. The van der Waals surface area contributed by atoms with E-state index in [2.05, 4.69) is 4.74 Å². The summed E-state index contributed by atoms with van der Waals surface area (Å²) in [6, 6.07) is 0. The highest BCUT2D eigenvalue weighted by molar-refractivity contribution is 5.81. The molecule has 3 N–H and O–H groups in total. The molecule has 0 aromatic heterocycles. The van der Waals surface area contributed by atoms with Crippen LogP contribution in [0.15, 0.2) is 12.2 Å². The van der Waals surface area contributed by atoms with Gasteiger partial charge in [-0.2, -0.15) is 0 Å². The summed E-state index contributed by atoms with van der Waals surface area (Å²) < 4.78 is 4.53. The number of ether oxygens (including phenoxy) is 1. The topological polar surface area (TPSA) is 72.5 Å². The fourth-order valence-electron chi connectivity index (χ4n) is 1.33. The Morgan fingerprint density at radius 2 is 2.50 bits per heavy atom. The summed E-state index contributed by atoms with van der Waals surface area (Å²) in [5, 5.41) is 9.21. The maximum absolute atomic E-state index is 11.1. The van der Waals surface area contributed by atoms with Gasteiger partial charge in [0, 0.05) is 6.42 Å². The Bertz CT molecular complexity index is 214. The third-order valence-corrected chi connectivity index (χ3v) is 2.01. The predicted molar refractivity (Wildman–Crippen MR) is 43.3 cm³/mol. The van der Waals surface area contributed by atoms with Crippen LogP contribution in [0.4, 0.5) is 0 Å². The van der Waals surface area contributed by atoms with Crippen LogP contribution in [0.3, 0.4) is 0 Å². The van der Waals surface area contributed by atoms with Gasteiger partial charge in [-0.1, -0.05) is 12.2 Å². The molecule has 0 aromatic rings. The second-order valence-corrected chi connectivity index (χ2v) is 3.05. The summed E-state index contributed by atoms with van der Waals surface area (Å²) in [7, 11) is 1.29. The minimum atomic E-state index is -1.04. The summed E-state index contributed by atoms with van der Waals surface area (Å²) in [4.78, 5) is 11.1. The van der Waals surface area contributed by atoms with Gasteiger partial charge in [0.25, 0.3) is 0 Å². The highest BCUT2D eigenvalue weighted by atomic mass is 16.5. The summed E-state index contributed by atoms with van der Waals surface area (Å²) in [5.41, 5.74) is 4.68. The fraction of sp³-hybridized carbons (Fsp3) is 0.625. The Morgan fingerprint density at radius 1 is 1.83 bits per heavy atom. The van der Waals surface area contributed by atoms with E-state index in [4.69, 9.17) is 5.73 Å². The molecule has 1 aliphatic carbocycles. The normalized spacial score (nSPS) is 34.8. The van der Waals surface area contributed by atoms with E-state index in [0.717, 1.165) is 0 Å². The third kappa shape index (κ3) is 1.65. The second-order valence-electron chi connectivity index (χ2n) is 3.05. The molecule has 0 bridgehead atoms. The Hall–Kier alpha value is -0.870. The van der Waals surface area contributed by atoms with Gasteiger partial charge in [-0.15, -0.1) is 0 Å². The first-order valence-electron chi connectivity index (χ1n) is 3.80. The van der Waals surface area contributed by atoms with Crippen LogP contribution in [0.2, 0.25) is 0 Å². The van der Waals surface area contributed by atoms with Crippen molar-refractivity contribution >= 4 is 5.97 Å². The van der Waals surface area contributed by atoms with E-state index in [1.165, 1.54) is 7.11 Å².